The first-order chi connectivity index (χ1) is 8.65. The van der Waals surface area contributed by atoms with Crippen LogP contribution in [0.3, 0.4) is 0 Å². The summed E-state index contributed by atoms with van der Waals surface area (Å²) in [4.78, 5) is 0. The Hall–Kier alpha value is -1.52. The van der Waals surface area contributed by atoms with Crippen molar-refractivity contribution in [2.24, 2.45) is 5.73 Å². The molecule has 5 heteroatoms. The smallest absolute Gasteiger partial charge is 0.122 e. The monoisotopic (exact) mass is 340 g/mol. The summed E-state index contributed by atoms with van der Waals surface area (Å²) in [6, 6.07) is 15.2. The van der Waals surface area contributed by atoms with Gasteiger partial charge in [0.25, 0.3) is 0 Å². The molecule has 0 amide bonds. The Balaban J connectivity index is 0.00000180. The molecule has 19 heavy (non-hydrogen) atoms. The van der Waals surface area contributed by atoms with Crippen LogP contribution >= 0.6 is 28.3 Å². The Labute approximate surface area is 126 Å². The molecule has 0 bridgehead atoms. The summed E-state index contributed by atoms with van der Waals surface area (Å²) in [5, 5.41) is 7.29. The van der Waals surface area contributed by atoms with Crippen LogP contribution in [0.2, 0.25) is 0 Å². The first-order valence-electron chi connectivity index (χ1n) is 5.47. The highest BCUT2D eigenvalue weighted by atomic mass is 79.9. The average Bonchev–Trinajstić information content (AvgIpc) is 2.38. The molecule has 0 aliphatic carbocycles. The van der Waals surface area contributed by atoms with Gasteiger partial charge in [0.05, 0.1) is 0 Å². The molecule has 3 N–H and O–H groups in total. The molecule has 0 atom stereocenters. The van der Waals surface area contributed by atoms with Gasteiger partial charge >= 0.3 is 0 Å². The van der Waals surface area contributed by atoms with Crippen LogP contribution in [0.1, 0.15) is 11.1 Å². The number of halogens is 2. The summed E-state index contributed by atoms with van der Waals surface area (Å²) in [6.45, 7) is 0.521. The zero-order chi connectivity index (χ0) is 13.0. The molecule has 2 aromatic rings. The number of benzene rings is 2. The Morgan fingerprint density at radius 1 is 1.05 bits per heavy atom. The van der Waals surface area contributed by atoms with Crippen LogP contribution in [0, 0.1) is 5.41 Å². The first kappa shape index (κ1) is 15.5. The Kier molecular flexibility index (Phi) is 5.86. The van der Waals surface area contributed by atoms with Crippen molar-refractivity contribution in [2.45, 2.75) is 6.61 Å². The molecule has 0 saturated heterocycles. The number of rotatable bonds is 4. The van der Waals surface area contributed by atoms with E-state index >= 15 is 0 Å². The van der Waals surface area contributed by atoms with Gasteiger partial charge in [-0.15, -0.1) is 12.4 Å². The first-order valence-corrected chi connectivity index (χ1v) is 6.26. The minimum Gasteiger partial charge on any atom is -0.489 e. The van der Waals surface area contributed by atoms with Gasteiger partial charge in [-0.25, -0.2) is 0 Å². The van der Waals surface area contributed by atoms with Crippen LogP contribution in [0.25, 0.3) is 0 Å². The van der Waals surface area contributed by atoms with Crippen LogP contribution in [0.4, 0.5) is 0 Å². The van der Waals surface area contributed by atoms with E-state index in [1.54, 1.807) is 12.1 Å². The molecule has 0 fully saturated rings. The van der Waals surface area contributed by atoms with E-state index in [1.807, 2.05) is 36.4 Å². The SMILES string of the molecule is Cl.N=C(N)c1ccc(OCc2ccc(Br)cc2)cc1. The maximum Gasteiger partial charge on any atom is 0.122 e. The van der Waals surface area contributed by atoms with Gasteiger partial charge in [0.2, 0.25) is 0 Å². The number of hydrogen-bond acceptors (Lipinski definition) is 2. The maximum atomic E-state index is 7.29. The van der Waals surface area contributed by atoms with E-state index in [1.165, 1.54) is 0 Å². The van der Waals surface area contributed by atoms with Crippen molar-refractivity contribution >= 4 is 34.2 Å². The Morgan fingerprint density at radius 3 is 2.16 bits per heavy atom. The minimum absolute atomic E-state index is 0. The molecule has 0 aliphatic heterocycles. The van der Waals surface area contributed by atoms with Crippen LogP contribution in [0.15, 0.2) is 53.0 Å². The lowest BCUT2D eigenvalue weighted by Crippen LogP contribution is -2.10. The lowest BCUT2D eigenvalue weighted by Gasteiger charge is -2.07. The average molecular weight is 342 g/mol. The fraction of sp³-hybridized carbons (Fsp3) is 0.0714. The highest BCUT2D eigenvalue weighted by molar-refractivity contribution is 9.10. The normalized spacial score (nSPS) is 9.53. The van der Waals surface area contributed by atoms with Crippen LogP contribution < -0.4 is 10.5 Å². The van der Waals surface area contributed by atoms with E-state index in [-0.39, 0.29) is 18.2 Å². The lowest BCUT2D eigenvalue weighted by molar-refractivity contribution is 0.306. The standard InChI is InChI=1S/C14H13BrN2O.ClH/c15-12-5-1-10(2-6-12)9-18-13-7-3-11(4-8-13)14(16)17;/h1-8H,9H2,(H3,16,17);1H. The number of nitrogen functional groups attached to an aromatic ring is 1. The van der Waals surface area contributed by atoms with Gasteiger partial charge in [-0.1, -0.05) is 28.1 Å². The van der Waals surface area contributed by atoms with Crippen molar-refractivity contribution < 1.29 is 4.74 Å². The predicted molar refractivity (Wildman–Crippen MR) is 83.2 cm³/mol. The quantitative estimate of drug-likeness (QED) is 0.657. The van der Waals surface area contributed by atoms with E-state index in [4.69, 9.17) is 15.9 Å². The van der Waals surface area contributed by atoms with Crippen molar-refractivity contribution in [2.75, 3.05) is 0 Å². The molecule has 100 valence electrons. The molecule has 0 radical (unpaired) electrons. The molecule has 0 heterocycles. The van der Waals surface area contributed by atoms with Crippen LogP contribution in [-0.2, 0) is 6.61 Å². The molecule has 2 aromatic carbocycles. The third-order valence-corrected chi connectivity index (χ3v) is 3.01. The van der Waals surface area contributed by atoms with Gasteiger partial charge < -0.3 is 10.5 Å². The molecule has 0 aliphatic rings. The van der Waals surface area contributed by atoms with Crippen molar-refractivity contribution in [1.29, 1.82) is 5.41 Å². The van der Waals surface area contributed by atoms with Gasteiger partial charge in [0, 0.05) is 10.0 Å². The number of nitrogens with two attached hydrogens (primary N) is 1. The summed E-state index contributed by atoms with van der Waals surface area (Å²) >= 11 is 3.39. The largest absolute Gasteiger partial charge is 0.489 e. The van der Waals surface area contributed by atoms with Crippen LogP contribution in [-0.4, -0.2) is 5.84 Å². The number of nitrogens with one attached hydrogen (secondary N) is 1. The van der Waals surface area contributed by atoms with Gasteiger partial charge in [-0.3, -0.25) is 5.41 Å². The lowest BCUT2D eigenvalue weighted by atomic mass is 10.2. The fourth-order valence-corrected chi connectivity index (χ4v) is 1.74. The summed E-state index contributed by atoms with van der Waals surface area (Å²) < 4.78 is 6.69. The van der Waals surface area contributed by atoms with E-state index in [2.05, 4.69) is 15.9 Å². The highest BCUT2D eigenvalue weighted by Crippen LogP contribution is 2.15. The van der Waals surface area contributed by atoms with Crippen molar-refractivity contribution in [3.8, 4) is 5.75 Å². The maximum absolute atomic E-state index is 7.29. The van der Waals surface area contributed by atoms with E-state index < -0.39 is 0 Å². The topological polar surface area (TPSA) is 59.1 Å². The second-order valence-electron chi connectivity index (χ2n) is 3.85. The molecule has 3 nitrogen and oxygen atoms in total. The molecule has 0 aromatic heterocycles. The molecule has 0 spiro atoms. The fourth-order valence-electron chi connectivity index (χ4n) is 1.48. The zero-order valence-electron chi connectivity index (χ0n) is 10.1. The van der Waals surface area contributed by atoms with Crippen molar-refractivity contribution in [1.82, 2.24) is 0 Å². The van der Waals surface area contributed by atoms with Crippen LogP contribution in [0.5, 0.6) is 5.75 Å². The number of amidine groups is 1. The van der Waals surface area contributed by atoms with Gasteiger partial charge in [-0.2, -0.15) is 0 Å². The third kappa shape index (κ3) is 4.58. The second-order valence-corrected chi connectivity index (χ2v) is 4.77. The van der Waals surface area contributed by atoms with E-state index in [0.29, 0.717) is 12.2 Å². The summed E-state index contributed by atoms with van der Waals surface area (Å²) in [5.41, 5.74) is 7.19. The molecule has 0 saturated carbocycles. The zero-order valence-corrected chi connectivity index (χ0v) is 12.5. The molecular weight excluding hydrogens is 328 g/mol. The second kappa shape index (κ2) is 7.16. The summed E-state index contributed by atoms with van der Waals surface area (Å²) in [5.74, 6) is 0.831. The van der Waals surface area contributed by atoms with Crippen molar-refractivity contribution in [3.63, 3.8) is 0 Å². The number of hydrogen-bond donors (Lipinski definition) is 2. The van der Waals surface area contributed by atoms with E-state index in [9.17, 15) is 0 Å². The highest BCUT2D eigenvalue weighted by Gasteiger charge is 1.98. The molecular formula is C14H14BrClN2O. The summed E-state index contributed by atoms with van der Waals surface area (Å²) in [7, 11) is 0. The third-order valence-electron chi connectivity index (χ3n) is 2.48. The van der Waals surface area contributed by atoms with Crippen molar-refractivity contribution in [3.05, 3.63) is 64.1 Å². The van der Waals surface area contributed by atoms with Gasteiger partial charge in [0.1, 0.15) is 18.2 Å². The Bertz CT molecular complexity index is 540. The summed E-state index contributed by atoms with van der Waals surface area (Å²) in [6.07, 6.45) is 0. The minimum atomic E-state index is 0. The van der Waals surface area contributed by atoms with E-state index in [0.717, 1.165) is 15.8 Å². The van der Waals surface area contributed by atoms with Gasteiger partial charge in [0.15, 0.2) is 0 Å². The number of ether oxygens (including phenoxy) is 1. The van der Waals surface area contributed by atoms with Gasteiger partial charge in [-0.05, 0) is 42.0 Å². The molecule has 2 rings (SSSR count). The Morgan fingerprint density at radius 2 is 1.63 bits per heavy atom. The molecule has 0 unspecified atom stereocenters. The predicted octanol–water partition coefficient (Wildman–Crippen LogP) is 3.73.